The highest BCUT2D eigenvalue weighted by Crippen LogP contribution is 2.29. The lowest BCUT2D eigenvalue weighted by Gasteiger charge is -2.37. The molecule has 2 aliphatic heterocycles. The standard InChI is InChI=1S/C19H30N4O2/c1-2-23-17-7-6-15(21-8-4-3-5-9-21)14-16(17)18(20-23)19(24)22-10-12-25-13-11-22/h15H,2-14H2,1H3. The van der Waals surface area contributed by atoms with E-state index in [1.807, 2.05) is 4.90 Å². The summed E-state index contributed by atoms with van der Waals surface area (Å²) in [6.45, 7) is 8.03. The SMILES string of the molecule is CCn1nc(C(=O)N2CCOCC2)c2c1CCC(N1CCCCC1)C2. The lowest BCUT2D eigenvalue weighted by molar-refractivity contribution is 0.0297. The average molecular weight is 346 g/mol. The second-order valence-electron chi connectivity index (χ2n) is 7.49. The zero-order chi connectivity index (χ0) is 17.2. The van der Waals surface area contributed by atoms with E-state index in [0.29, 0.717) is 38.0 Å². The van der Waals surface area contributed by atoms with Gasteiger partial charge in [-0.3, -0.25) is 9.48 Å². The number of nitrogens with zero attached hydrogens (tertiary/aromatic N) is 4. The molecule has 0 spiro atoms. The van der Waals surface area contributed by atoms with Crippen LogP contribution in [0.25, 0.3) is 0 Å². The maximum atomic E-state index is 13.1. The van der Waals surface area contributed by atoms with E-state index in [0.717, 1.165) is 19.4 Å². The molecule has 1 unspecified atom stereocenters. The van der Waals surface area contributed by atoms with Gasteiger partial charge in [0.2, 0.25) is 0 Å². The molecule has 3 aliphatic rings. The van der Waals surface area contributed by atoms with Gasteiger partial charge in [-0.05, 0) is 52.1 Å². The Morgan fingerprint density at radius 1 is 1.16 bits per heavy atom. The van der Waals surface area contributed by atoms with Gasteiger partial charge in [-0.2, -0.15) is 5.10 Å². The Balaban J connectivity index is 1.58. The zero-order valence-electron chi connectivity index (χ0n) is 15.4. The normalized spacial score (nSPS) is 25.0. The maximum absolute atomic E-state index is 13.1. The molecule has 1 aliphatic carbocycles. The van der Waals surface area contributed by atoms with E-state index in [1.54, 1.807) is 0 Å². The lowest BCUT2D eigenvalue weighted by Crippen LogP contribution is -2.43. The Bertz CT molecular complexity index is 615. The molecule has 4 rings (SSSR count). The fraction of sp³-hybridized carbons (Fsp3) is 0.789. The monoisotopic (exact) mass is 346 g/mol. The molecule has 0 radical (unpaired) electrons. The second kappa shape index (κ2) is 7.46. The van der Waals surface area contributed by atoms with Crippen LogP contribution < -0.4 is 0 Å². The third kappa shape index (κ3) is 3.34. The van der Waals surface area contributed by atoms with E-state index in [4.69, 9.17) is 9.84 Å². The average Bonchev–Trinajstić information content (AvgIpc) is 3.06. The van der Waals surface area contributed by atoms with Crippen LogP contribution in [0.5, 0.6) is 0 Å². The Hall–Kier alpha value is -1.40. The molecular formula is C19H30N4O2. The van der Waals surface area contributed by atoms with E-state index in [2.05, 4.69) is 16.5 Å². The van der Waals surface area contributed by atoms with Gasteiger partial charge in [0.1, 0.15) is 0 Å². The predicted molar refractivity (Wildman–Crippen MR) is 95.9 cm³/mol. The molecule has 138 valence electrons. The number of hydrogen-bond acceptors (Lipinski definition) is 4. The van der Waals surface area contributed by atoms with Crippen LogP contribution in [0.1, 0.15) is 54.4 Å². The number of hydrogen-bond donors (Lipinski definition) is 0. The van der Waals surface area contributed by atoms with Gasteiger partial charge in [0, 0.05) is 36.9 Å². The summed E-state index contributed by atoms with van der Waals surface area (Å²) in [5.41, 5.74) is 3.23. The topological polar surface area (TPSA) is 50.6 Å². The van der Waals surface area contributed by atoms with Crippen LogP contribution in [0.15, 0.2) is 0 Å². The highest BCUT2D eigenvalue weighted by Gasteiger charge is 2.33. The smallest absolute Gasteiger partial charge is 0.274 e. The number of aromatic nitrogens is 2. The van der Waals surface area contributed by atoms with Gasteiger partial charge in [0.05, 0.1) is 13.2 Å². The molecule has 6 heteroatoms. The molecule has 1 aromatic heterocycles. The molecule has 1 atom stereocenters. The summed E-state index contributed by atoms with van der Waals surface area (Å²) in [5.74, 6) is 0.103. The molecule has 0 saturated carbocycles. The molecule has 0 aromatic carbocycles. The zero-order valence-corrected chi connectivity index (χ0v) is 15.4. The van der Waals surface area contributed by atoms with Crippen LogP contribution in [0.4, 0.5) is 0 Å². The van der Waals surface area contributed by atoms with Crippen molar-refractivity contribution >= 4 is 5.91 Å². The van der Waals surface area contributed by atoms with Crippen LogP contribution in [0.2, 0.25) is 0 Å². The van der Waals surface area contributed by atoms with Gasteiger partial charge in [0.25, 0.3) is 5.91 Å². The first-order chi connectivity index (χ1) is 12.3. The molecule has 2 fully saturated rings. The number of piperidine rings is 1. The molecule has 0 bridgehead atoms. The molecular weight excluding hydrogens is 316 g/mol. The minimum absolute atomic E-state index is 0.103. The maximum Gasteiger partial charge on any atom is 0.274 e. The van der Waals surface area contributed by atoms with E-state index < -0.39 is 0 Å². The third-order valence-electron chi connectivity index (χ3n) is 6.03. The van der Waals surface area contributed by atoms with Crippen LogP contribution in [0.3, 0.4) is 0 Å². The van der Waals surface area contributed by atoms with Crippen molar-refractivity contribution in [2.45, 2.75) is 58.0 Å². The highest BCUT2D eigenvalue weighted by molar-refractivity contribution is 5.94. The minimum Gasteiger partial charge on any atom is -0.378 e. The summed E-state index contributed by atoms with van der Waals surface area (Å²) < 4.78 is 7.46. The van der Waals surface area contributed by atoms with Crippen LogP contribution in [0, 0.1) is 0 Å². The summed E-state index contributed by atoms with van der Waals surface area (Å²) in [6, 6.07) is 0.582. The van der Waals surface area contributed by atoms with E-state index in [-0.39, 0.29) is 5.91 Å². The van der Waals surface area contributed by atoms with Gasteiger partial charge in [-0.1, -0.05) is 6.42 Å². The summed E-state index contributed by atoms with van der Waals surface area (Å²) in [6.07, 6.45) is 7.23. The van der Waals surface area contributed by atoms with Crippen molar-refractivity contribution in [1.29, 1.82) is 0 Å². The molecule has 25 heavy (non-hydrogen) atoms. The summed E-state index contributed by atoms with van der Waals surface area (Å²) in [7, 11) is 0. The Morgan fingerprint density at radius 2 is 1.92 bits per heavy atom. The molecule has 1 aromatic rings. The molecule has 1 amide bonds. The molecule has 0 N–H and O–H groups in total. The van der Waals surface area contributed by atoms with Gasteiger partial charge in [0.15, 0.2) is 5.69 Å². The number of carbonyl (C=O) groups excluding carboxylic acids is 1. The van der Waals surface area contributed by atoms with Crippen molar-refractivity contribution in [1.82, 2.24) is 19.6 Å². The highest BCUT2D eigenvalue weighted by atomic mass is 16.5. The van der Waals surface area contributed by atoms with E-state index in [1.165, 1.54) is 50.0 Å². The second-order valence-corrected chi connectivity index (χ2v) is 7.49. The first kappa shape index (κ1) is 17.0. The number of likely N-dealkylation sites (tertiary alicyclic amines) is 1. The number of carbonyl (C=O) groups is 1. The predicted octanol–water partition coefficient (Wildman–Crippen LogP) is 1.72. The largest absolute Gasteiger partial charge is 0.378 e. The van der Waals surface area contributed by atoms with Crippen molar-refractivity contribution in [3.05, 3.63) is 17.0 Å². The lowest BCUT2D eigenvalue weighted by atomic mass is 9.89. The summed E-state index contributed by atoms with van der Waals surface area (Å²) >= 11 is 0. The van der Waals surface area contributed by atoms with Gasteiger partial charge < -0.3 is 14.5 Å². The number of rotatable bonds is 3. The Labute approximate surface area is 150 Å². The number of fused-ring (bicyclic) bond motifs is 1. The summed E-state index contributed by atoms with van der Waals surface area (Å²) in [5, 5.41) is 4.73. The Morgan fingerprint density at radius 3 is 2.64 bits per heavy atom. The summed E-state index contributed by atoms with van der Waals surface area (Å²) in [4.78, 5) is 17.6. The first-order valence-corrected chi connectivity index (χ1v) is 9.97. The third-order valence-corrected chi connectivity index (χ3v) is 6.03. The van der Waals surface area contributed by atoms with Crippen LogP contribution in [-0.2, 0) is 24.1 Å². The van der Waals surface area contributed by atoms with Gasteiger partial charge in [-0.15, -0.1) is 0 Å². The van der Waals surface area contributed by atoms with E-state index >= 15 is 0 Å². The fourth-order valence-electron chi connectivity index (χ4n) is 4.61. The van der Waals surface area contributed by atoms with Crippen LogP contribution >= 0.6 is 0 Å². The Kier molecular flexibility index (Phi) is 5.08. The van der Waals surface area contributed by atoms with Crippen molar-refractivity contribution in [2.24, 2.45) is 0 Å². The van der Waals surface area contributed by atoms with Gasteiger partial charge >= 0.3 is 0 Å². The van der Waals surface area contributed by atoms with Gasteiger partial charge in [-0.25, -0.2) is 0 Å². The quantitative estimate of drug-likeness (QED) is 0.836. The fourth-order valence-corrected chi connectivity index (χ4v) is 4.61. The number of amides is 1. The van der Waals surface area contributed by atoms with Crippen molar-refractivity contribution in [3.8, 4) is 0 Å². The minimum atomic E-state index is 0.103. The molecule has 6 nitrogen and oxygen atoms in total. The number of ether oxygens (including phenoxy) is 1. The van der Waals surface area contributed by atoms with Crippen LogP contribution in [-0.4, -0.2) is 70.9 Å². The number of morpholine rings is 1. The number of aryl methyl sites for hydroxylation is 1. The molecule has 2 saturated heterocycles. The van der Waals surface area contributed by atoms with E-state index in [9.17, 15) is 4.79 Å². The first-order valence-electron chi connectivity index (χ1n) is 9.97. The van der Waals surface area contributed by atoms with Crippen molar-refractivity contribution < 1.29 is 9.53 Å². The van der Waals surface area contributed by atoms with Crippen molar-refractivity contribution in [2.75, 3.05) is 39.4 Å². The molecule has 3 heterocycles. The van der Waals surface area contributed by atoms with Crippen molar-refractivity contribution in [3.63, 3.8) is 0 Å².